The lowest BCUT2D eigenvalue weighted by Crippen LogP contribution is -2.25. The third-order valence-electron chi connectivity index (χ3n) is 3.67. The van der Waals surface area contributed by atoms with Crippen molar-refractivity contribution < 1.29 is 13.2 Å². The van der Waals surface area contributed by atoms with E-state index in [-0.39, 0.29) is 23.5 Å². The summed E-state index contributed by atoms with van der Waals surface area (Å²) in [6.45, 7) is 3.99. The SMILES string of the molecule is CC(C)[C@@H](C(=O)Nc1cccc(CS(N)(=O)=O)c1)c1ccccc1. The molecular weight excluding hydrogens is 324 g/mol. The predicted octanol–water partition coefficient (Wildman–Crippen LogP) is 2.85. The summed E-state index contributed by atoms with van der Waals surface area (Å²) in [5, 5.41) is 7.94. The van der Waals surface area contributed by atoms with Crippen LogP contribution in [0.2, 0.25) is 0 Å². The summed E-state index contributed by atoms with van der Waals surface area (Å²) in [6.07, 6.45) is 0. The van der Waals surface area contributed by atoms with Gasteiger partial charge in [0.25, 0.3) is 0 Å². The van der Waals surface area contributed by atoms with Crippen LogP contribution in [0.4, 0.5) is 5.69 Å². The third-order valence-corrected chi connectivity index (χ3v) is 4.41. The van der Waals surface area contributed by atoms with Crippen molar-refractivity contribution in [3.05, 3.63) is 65.7 Å². The van der Waals surface area contributed by atoms with Crippen LogP contribution in [0, 0.1) is 5.92 Å². The second-order valence-corrected chi connectivity index (χ2v) is 7.74. The molecule has 0 fully saturated rings. The Balaban J connectivity index is 2.20. The number of nitrogens with one attached hydrogen (secondary N) is 1. The highest BCUT2D eigenvalue weighted by Gasteiger charge is 2.24. The van der Waals surface area contributed by atoms with Gasteiger partial charge in [0.15, 0.2) is 0 Å². The number of sulfonamides is 1. The van der Waals surface area contributed by atoms with Gasteiger partial charge >= 0.3 is 0 Å². The number of rotatable bonds is 6. The zero-order valence-corrected chi connectivity index (χ0v) is 14.6. The van der Waals surface area contributed by atoms with Gasteiger partial charge in [-0.2, -0.15) is 0 Å². The lowest BCUT2D eigenvalue weighted by molar-refractivity contribution is -0.118. The van der Waals surface area contributed by atoms with Crippen LogP contribution in [-0.2, 0) is 20.6 Å². The maximum absolute atomic E-state index is 12.7. The van der Waals surface area contributed by atoms with E-state index in [0.717, 1.165) is 5.56 Å². The average molecular weight is 346 g/mol. The van der Waals surface area contributed by atoms with Crippen LogP contribution < -0.4 is 10.5 Å². The second-order valence-electron chi connectivity index (χ2n) is 6.13. The summed E-state index contributed by atoms with van der Waals surface area (Å²) in [6, 6.07) is 16.3. The molecule has 0 aliphatic rings. The van der Waals surface area contributed by atoms with Gasteiger partial charge in [-0.15, -0.1) is 0 Å². The van der Waals surface area contributed by atoms with Crippen molar-refractivity contribution in [2.45, 2.75) is 25.5 Å². The molecule has 24 heavy (non-hydrogen) atoms. The Morgan fingerprint density at radius 1 is 1.08 bits per heavy atom. The van der Waals surface area contributed by atoms with Crippen LogP contribution >= 0.6 is 0 Å². The first-order valence-corrected chi connectivity index (χ1v) is 9.43. The largest absolute Gasteiger partial charge is 0.326 e. The molecule has 0 aliphatic heterocycles. The maximum Gasteiger partial charge on any atom is 0.232 e. The minimum atomic E-state index is -3.61. The highest BCUT2D eigenvalue weighted by Crippen LogP contribution is 2.26. The first kappa shape index (κ1) is 18.2. The highest BCUT2D eigenvalue weighted by molar-refractivity contribution is 7.88. The van der Waals surface area contributed by atoms with Crippen molar-refractivity contribution >= 4 is 21.6 Å². The topological polar surface area (TPSA) is 89.3 Å². The van der Waals surface area contributed by atoms with E-state index in [4.69, 9.17) is 5.14 Å². The van der Waals surface area contributed by atoms with Gasteiger partial charge in [-0.05, 0) is 29.2 Å². The molecule has 0 heterocycles. The number of benzene rings is 2. The summed E-state index contributed by atoms with van der Waals surface area (Å²) in [7, 11) is -3.61. The van der Waals surface area contributed by atoms with E-state index in [1.54, 1.807) is 24.3 Å². The molecule has 0 bridgehead atoms. The molecule has 0 aromatic heterocycles. The maximum atomic E-state index is 12.7. The molecule has 2 aromatic carbocycles. The van der Waals surface area contributed by atoms with Gasteiger partial charge < -0.3 is 5.32 Å². The van der Waals surface area contributed by atoms with E-state index in [9.17, 15) is 13.2 Å². The molecule has 3 N–H and O–H groups in total. The number of hydrogen-bond acceptors (Lipinski definition) is 3. The molecular formula is C18H22N2O3S. The number of primary sulfonamides is 1. The second kappa shape index (κ2) is 7.59. The summed E-state index contributed by atoms with van der Waals surface area (Å²) in [4.78, 5) is 12.7. The van der Waals surface area contributed by atoms with E-state index in [1.807, 2.05) is 44.2 Å². The Labute approximate surface area is 142 Å². The van der Waals surface area contributed by atoms with Gasteiger partial charge in [0.2, 0.25) is 15.9 Å². The minimum absolute atomic E-state index is 0.121. The molecule has 0 saturated heterocycles. The van der Waals surface area contributed by atoms with E-state index < -0.39 is 10.0 Å². The van der Waals surface area contributed by atoms with Crippen LogP contribution in [0.1, 0.15) is 30.9 Å². The molecule has 2 rings (SSSR count). The number of amides is 1. The lowest BCUT2D eigenvalue weighted by Gasteiger charge is -2.21. The Kier molecular flexibility index (Phi) is 5.75. The van der Waals surface area contributed by atoms with Gasteiger partial charge in [0, 0.05) is 5.69 Å². The van der Waals surface area contributed by atoms with Gasteiger partial charge in [-0.25, -0.2) is 13.6 Å². The molecule has 5 nitrogen and oxygen atoms in total. The fraction of sp³-hybridized carbons (Fsp3) is 0.278. The molecule has 0 radical (unpaired) electrons. The minimum Gasteiger partial charge on any atom is -0.326 e. The molecule has 128 valence electrons. The smallest absolute Gasteiger partial charge is 0.232 e. The van der Waals surface area contributed by atoms with Crippen molar-refractivity contribution in [2.75, 3.05) is 5.32 Å². The quantitative estimate of drug-likeness (QED) is 0.843. The number of nitrogens with two attached hydrogens (primary N) is 1. The zero-order chi connectivity index (χ0) is 17.7. The van der Waals surface area contributed by atoms with Crippen LogP contribution in [0.25, 0.3) is 0 Å². The summed E-state index contributed by atoms with van der Waals surface area (Å²) in [5.74, 6) is -0.541. The van der Waals surface area contributed by atoms with Crippen molar-refractivity contribution in [2.24, 2.45) is 11.1 Å². The average Bonchev–Trinajstić information content (AvgIpc) is 2.46. The van der Waals surface area contributed by atoms with Crippen LogP contribution in [0.3, 0.4) is 0 Å². The summed E-state index contributed by atoms with van der Waals surface area (Å²) < 4.78 is 22.4. The molecule has 0 spiro atoms. The number of carbonyl (C=O) groups is 1. The normalized spacial score (nSPS) is 12.8. The lowest BCUT2D eigenvalue weighted by atomic mass is 9.87. The fourth-order valence-electron chi connectivity index (χ4n) is 2.69. The Bertz CT molecular complexity index is 802. The zero-order valence-electron chi connectivity index (χ0n) is 13.8. The van der Waals surface area contributed by atoms with Crippen LogP contribution in [0.15, 0.2) is 54.6 Å². The number of carbonyl (C=O) groups excluding carboxylic acids is 1. The van der Waals surface area contributed by atoms with Gasteiger partial charge in [0.05, 0.1) is 11.7 Å². The van der Waals surface area contributed by atoms with Gasteiger partial charge in [-0.1, -0.05) is 56.3 Å². The fourth-order valence-corrected chi connectivity index (χ4v) is 3.33. The molecule has 0 saturated carbocycles. The van der Waals surface area contributed by atoms with Crippen molar-refractivity contribution in [1.29, 1.82) is 0 Å². The Hall–Kier alpha value is -2.18. The first-order valence-electron chi connectivity index (χ1n) is 7.71. The highest BCUT2D eigenvalue weighted by atomic mass is 32.2. The van der Waals surface area contributed by atoms with E-state index in [0.29, 0.717) is 11.3 Å². The first-order chi connectivity index (χ1) is 11.3. The van der Waals surface area contributed by atoms with E-state index in [1.165, 1.54) is 0 Å². The molecule has 6 heteroatoms. The van der Waals surface area contributed by atoms with E-state index >= 15 is 0 Å². The number of hydrogen-bond donors (Lipinski definition) is 2. The predicted molar refractivity (Wildman–Crippen MR) is 95.9 cm³/mol. The molecule has 0 aliphatic carbocycles. The molecule has 2 aromatic rings. The van der Waals surface area contributed by atoms with Crippen molar-refractivity contribution in [1.82, 2.24) is 0 Å². The van der Waals surface area contributed by atoms with Crippen LogP contribution in [0.5, 0.6) is 0 Å². The summed E-state index contributed by atoms with van der Waals surface area (Å²) >= 11 is 0. The van der Waals surface area contributed by atoms with Gasteiger partial charge in [-0.3, -0.25) is 4.79 Å². The molecule has 1 amide bonds. The van der Waals surface area contributed by atoms with Crippen molar-refractivity contribution in [3.8, 4) is 0 Å². The Morgan fingerprint density at radius 2 is 1.75 bits per heavy atom. The number of anilines is 1. The molecule has 1 atom stereocenters. The monoisotopic (exact) mass is 346 g/mol. The van der Waals surface area contributed by atoms with Crippen molar-refractivity contribution in [3.63, 3.8) is 0 Å². The third kappa shape index (κ3) is 5.18. The Morgan fingerprint density at radius 3 is 2.33 bits per heavy atom. The summed E-state index contributed by atoms with van der Waals surface area (Å²) in [5.41, 5.74) is 2.05. The van der Waals surface area contributed by atoms with Crippen LogP contribution in [-0.4, -0.2) is 14.3 Å². The van der Waals surface area contributed by atoms with Gasteiger partial charge in [0.1, 0.15) is 0 Å². The standard InChI is InChI=1S/C18H22N2O3S/c1-13(2)17(15-8-4-3-5-9-15)18(21)20-16-10-6-7-14(11-16)12-24(19,22)23/h3-11,13,17H,12H2,1-2H3,(H,20,21)(H2,19,22,23)/t17-/m1/s1. The van der Waals surface area contributed by atoms with E-state index in [2.05, 4.69) is 5.32 Å². The molecule has 0 unspecified atom stereocenters.